The van der Waals surface area contributed by atoms with Crippen LogP contribution in [0, 0.1) is 23.3 Å². The minimum Gasteiger partial charge on any atom is -0.744 e. The molecule has 76 heavy (non-hydrogen) atoms. The van der Waals surface area contributed by atoms with Crippen molar-refractivity contribution in [3.05, 3.63) is 139 Å². The summed E-state index contributed by atoms with van der Waals surface area (Å²) in [7, 11) is -21.9. The first-order chi connectivity index (χ1) is 33.6. The standard InChI is InChI=1S/C44H22Cl4F4N4O12S4.4Na/c45-41-29(69(57,58)59)13-1-17(49)33(41)37-21-5-7-23(53-21)38(34-18(50)2-14-30(42(34)46)70(60,61)62)25-9-11-27(55-25)40(36-20(52)4-16-32(44(36)48)72(66,67)68)28-12-10-26(56-28)39(24-8-6-22(37)54-24)35-19(51)3-15-31(43(35)47)71(63,64)65;;;;/h1-16,53,56H,(H,57,58,59)(H,60,61,62)(H,63,64,65)(H,66,67,68);;;;/q;4*+1/p-4. The van der Waals surface area contributed by atoms with E-state index < -0.39 is 171 Å². The van der Waals surface area contributed by atoms with Gasteiger partial charge < -0.3 is 28.2 Å². The van der Waals surface area contributed by atoms with Gasteiger partial charge in [-0.15, -0.1) is 0 Å². The summed E-state index contributed by atoms with van der Waals surface area (Å²) in [6, 6.07) is 9.22. The smallest absolute Gasteiger partial charge is 0.744 e. The van der Waals surface area contributed by atoms with E-state index in [1.54, 1.807) is 0 Å². The molecule has 2 aliphatic rings. The number of aromatic nitrogens is 4. The number of hydrogen-bond donors (Lipinski definition) is 2. The molecule has 0 aliphatic carbocycles. The van der Waals surface area contributed by atoms with E-state index in [9.17, 15) is 51.9 Å². The molecule has 2 N–H and O–H groups in total. The molecule has 0 unspecified atom stereocenters. The molecule has 0 amide bonds. The molecule has 0 atom stereocenters. The molecule has 0 spiro atoms. The van der Waals surface area contributed by atoms with Crippen molar-refractivity contribution in [2.24, 2.45) is 0 Å². The third-order valence-corrected chi connectivity index (χ3v) is 16.6. The van der Waals surface area contributed by atoms with E-state index in [0.717, 1.165) is 48.6 Å². The minimum atomic E-state index is -5.46. The largest absolute Gasteiger partial charge is 1.00 e. The summed E-state index contributed by atoms with van der Waals surface area (Å²) in [5.74, 6) is -5.13. The Morgan fingerprint density at radius 2 is 0.513 bits per heavy atom. The van der Waals surface area contributed by atoms with Crippen molar-refractivity contribution in [2.45, 2.75) is 19.6 Å². The van der Waals surface area contributed by atoms with Crippen LogP contribution in [-0.2, 0) is 40.5 Å². The average Bonchev–Trinajstić information content (AvgIpc) is 4.11. The van der Waals surface area contributed by atoms with Crippen LogP contribution in [0.25, 0.3) is 90.9 Å². The number of nitrogens with one attached hydrogen (secondary N) is 2. The Morgan fingerprint density at radius 1 is 0.329 bits per heavy atom. The average molecular weight is 1230 g/mol. The van der Waals surface area contributed by atoms with Gasteiger partial charge in [-0.3, -0.25) is 0 Å². The number of nitrogens with zero attached hydrogens (tertiary/aromatic N) is 2. The molecule has 4 aromatic carbocycles. The van der Waals surface area contributed by atoms with Gasteiger partial charge in [-0.25, -0.2) is 61.2 Å². The van der Waals surface area contributed by atoms with Crippen molar-refractivity contribution in [1.82, 2.24) is 19.9 Å². The predicted octanol–water partition coefficient (Wildman–Crippen LogP) is -1.87. The maximum absolute atomic E-state index is 16.4. The van der Waals surface area contributed by atoms with Gasteiger partial charge >= 0.3 is 118 Å². The van der Waals surface area contributed by atoms with Crippen LogP contribution in [0.2, 0.25) is 20.1 Å². The number of aromatic amines is 2. The summed E-state index contributed by atoms with van der Waals surface area (Å²) >= 11 is 26.1. The molecule has 2 aliphatic heterocycles. The maximum atomic E-state index is 16.4. The second kappa shape index (κ2) is 23.8. The van der Waals surface area contributed by atoms with Crippen molar-refractivity contribution in [3.63, 3.8) is 0 Å². The second-order valence-electron chi connectivity index (χ2n) is 15.3. The predicted molar refractivity (Wildman–Crippen MR) is 252 cm³/mol. The van der Waals surface area contributed by atoms with Gasteiger partial charge in [0.2, 0.25) is 0 Å². The van der Waals surface area contributed by atoms with Crippen molar-refractivity contribution in [1.29, 1.82) is 0 Å². The second-order valence-corrected chi connectivity index (χ2v) is 22.2. The first kappa shape index (κ1) is 64.8. The van der Waals surface area contributed by atoms with Gasteiger partial charge in [0, 0.05) is 66.6 Å². The van der Waals surface area contributed by atoms with E-state index >= 15 is 17.6 Å². The number of halogens is 8. The molecule has 3 aromatic heterocycles. The number of H-pyrrole nitrogens is 2. The summed E-state index contributed by atoms with van der Waals surface area (Å²) in [5, 5.41) is -3.97. The molecule has 0 saturated carbocycles. The van der Waals surface area contributed by atoms with Crippen LogP contribution in [0.15, 0.2) is 92.4 Å². The fourth-order valence-electron chi connectivity index (χ4n) is 8.08. The summed E-state index contributed by atoms with van der Waals surface area (Å²) in [4.78, 5) is 10.3. The van der Waals surface area contributed by atoms with Crippen LogP contribution >= 0.6 is 46.4 Å². The van der Waals surface area contributed by atoms with Gasteiger partial charge in [0.15, 0.2) is 0 Å². The molecule has 0 fully saturated rings. The molecule has 370 valence electrons. The summed E-state index contributed by atoms with van der Waals surface area (Å²) < 4.78 is 215. The van der Waals surface area contributed by atoms with Crippen LogP contribution in [0.4, 0.5) is 17.6 Å². The van der Waals surface area contributed by atoms with Gasteiger partial charge in [0.25, 0.3) is 0 Å². The van der Waals surface area contributed by atoms with Crippen LogP contribution in [0.1, 0.15) is 22.8 Å². The minimum absolute atomic E-state index is 0. The SMILES string of the molecule is O=S(=O)([O-])c1ccc(F)c(-c2c3nc(c(-c4c(F)ccc(S(=O)(=O)[O-])c4Cl)c4ccc([nH]4)c(-c4c(F)ccc(S(=O)(=O)[O-])c4Cl)c4nc(c(-c5c(F)ccc(S(=O)(=O)[O-])c5Cl)c5ccc2[nH]5)C=C4)C=C3)c1Cl.[Na+].[Na+].[Na+].[Na+]. The van der Waals surface area contributed by atoms with Gasteiger partial charge in [-0.1, -0.05) is 46.4 Å². The number of fused-ring (bicyclic) bond motifs is 8. The van der Waals surface area contributed by atoms with Crippen LogP contribution in [0.3, 0.4) is 0 Å². The Labute approximate surface area is 536 Å². The van der Waals surface area contributed by atoms with E-state index in [2.05, 4.69) is 19.9 Å². The summed E-state index contributed by atoms with van der Waals surface area (Å²) in [5.41, 5.74) is -8.15. The van der Waals surface area contributed by atoms with Gasteiger partial charge in [0.1, 0.15) is 63.7 Å². The van der Waals surface area contributed by atoms with Crippen molar-refractivity contribution in [2.75, 3.05) is 0 Å². The Balaban J connectivity index is 0.00000267. The van der Waals surface area contributed by atoms with E-state index in [-0.39, 0.29) is 140 Å². The first-order valence-electron chi connectivity index (χ1n) is 19.5. The Kier molecular flexibility index (Phi) is 20.3. The molecule has 0 radical (unpaired) electrons. The first-order valence-corrected chi connectivity index (χ1v) is 26.7. The zero-order chi connectivity index (χ0) is 52.3. The molecular formula is C44H18Cl4F4N4Na4O12S4. The fraction of sp³-hybridized carbons (Fsp3) is 0. The fourth-order valence-corrected chi connectivity index (χ4v) is 12.4. The molecule has 7 aromatic rings. The molecule has 16 nitrogen and oxygen atoms in total. The Morgan fingerprint density at radius 3 is 0.684 bits per heavy atom. The third-order valence-electron chi connectivity index (χ3n) is 11.1. The van der Waals surface area contributed by atoms with Crippen LogP contribution in [-0.4, -0.2) is 71.8 Å². The zero-order valence-electron chi connectivity index (χ0n) is 38.7. The van der Waals surface area contributed by atoms with E-state index in [1.165, 1.54) is 0 Å². The van der Waals surface area contributed by atoms with Gasteiger partial charge in [-0.2, -0.15) is 0 Å². The normalized spacial score (nSPS) is 12.4. The molecule has 5 heterocycles. The van der Waals surface area contributed by atoms with Crippen molar-refractivity contribution < 1.29 is 188 Å². The van der Waals surface area contributed by atoms with E-state index in [0.29, 0.717) is 48.5 Å². The number of benzene rings is 4. The topological polar surface area (TPSA) is 286 Å². The van der Waals surface area contributed by atoms with E-state index in [1.807, 2.05) is 0 Å². The van der Waals surface area contributed by atoms with E-state index in [4.69, 9.17) is 46.4 Å². The summed E-state index contributed by atoms with van der Waals surface area (Å²) in [6.07, 6.45) is 4.49. The summed E-state index contributed by atoms with van der Waals surface area (Å²) in [6.45, 7) is 0. The molecule has 0 saturated heterocycles. The van der Waals surface area contributed by atoms with Crippen LogP contribution in [0.5, 0.6) is 0 Å². The monoisotopic (exact) mass is 1230 g/mol. The maximum Gasteiger partial charge on any atom is 1.00 e. The third kappa shape index (κ3) is 12.0. The Bertz CT molecular complexity index is 3820. The van der Waals surface area contributed by atoms with Crippen molar-refractivity contribution >= 4 is 133 Å². The molecule has 8 bridgehead atoms. The van der Waals surface area contributed by atoms with Gasteiger partial charge in [0.05, 0.1) is 62.4 Å². The van der Waals surface area contributed by atoms with Crippen molar-refractivity contribution in [3.8, 4) is 44.5 Å². The van der Waals surface area contributed by atoms with Crippen LogP contribution < -0.4 is 118 Å². The number of rotatable bonds is 8. The molecule has 32 heteroatoms. The quantitative estimate of drug-likeness (QED) is 0.0958. The Hall–Kier alpha value is -2.00. The zero-order valence-corrected chi connectivity index (χ0v) is 53.0. The van der Waals surface area contributed by atoms with Gasteiger partial charge in [-0.05, 0) is 97.1 Å². The number of hydrogen-bond acceptors (Lipinski definition) is 14. The molecular weight excluding hydrogens is 1210 g/mol. The molecule has 9 rings (SSSR count).